The lowest BCUT2D eigenvalue weighted by Gasteiger charge is -2.11. The van der Waals surface area contributed by atoms with Gasteiger partial charge in [0.1, 0.15) is 5.69 Å². The Hall–Kier alpha value is -4.21. The molecule has 10 heteroatoms. The summed E-state index contributed by atoms with van der Waals surface area (Å²) in [5.74, 6) is -1.38. The summed E-state index contributed by atoms with van der Waals surface area (Å²) in [6, 6.07) is 15.2. The van der Waals surface area contributed by atoms with Gasteiger partial charge in [-0.05, 0) is 36.1 Å². The summed E-state index contributed by atoms with van der Waals surface area (Å²) in [6.45, 7) is 5.65. The molecule has 0 unspecified atom stereocenters. The number of amides is 2. The number of carbonyl (C=O) groups excluding carboxylic acids is 2. The smallest absolute Gasteiger partial charge is 0.364 e. The summed E-state index contributed by atoms with van der Waals surface area (Å²) < 4.78 is 42.9. The number of hydrogen-bond acceptors (Lipinski definition) is 4. The number of fused-ring (bicyclic) bond motifs is 1. The van der Waals surface area contributed by atoms with Crippen molar-refractivity contribution in [2.24, 2.45) is 5.73 Å². The SMILES string of the molecule is Cc1c(NC(=O)c2cc(C(N)=O)nc3ccccc23)c(C(F)(F)F)nn1Cc1ccc(C(C)C)cc1. The minimum absolute atomic E-state index is 0.0288. The van der Waals surface area contributed by atoms with Gasteiger partial charge in [-0.25, -0.2) is 4.98 Å². The van der Waals surface area contributed by atoms with E-state index in [4.69, 9.17) is 5.73 Å². The van der Waals surface area contributed by atoms with E-state index in [-0.39, 0.29) is 23.5 Å². The molecule has 36 heavy (non-hydrogen) atoms. The van der Waals surface area contributed by atoms with E-state index in [0.29, 0.717) is 16.8 Å². The second-order valence-corrected chi connectivity index (χ2v) is 8.75. The van der Waals surface area contributed by atoms with Gasteiger partial charge >= 0.3 is 6.18 Å². The summed E-state index contributed by atoms with van der Waals surface area (Å²) in [7, 11) is 0. The standard InChI is InChI=1S/C26H24F3N5O2/c1-14(2)17-10-8-16(9-11-17)13-34-15(3)22(23(33-34)26(27,28)29)32-25(36)19-12-21(24(30)35)31-20-7-5-4-6-18(19)20/h4-12,14H,13H2,1-3H3,(H2,30,35)(H,32,36). The van der Waals surface area contributed by atoms with Gasteiger partial charge in [0, 0.05) is 5.39 Å². The van der Waals surface area contributed by atoms with Crippen molar-refractivity contribution in [2.45, 2.75) is 39.4 Å². The van der Waals surface area contributed by atoms with E-state index in [0.717, 1.165) is 11.1 Å². The van der Waals surface area contributed by atoms with Gasteiger partial charge in [-0.1, -0.05) is 56.3 Å². The highest BCUT2D eigenvalue weighted by Crippen LogP contribution is 2.36. The first-order chi connectivity index (χ1) is 17.0. The van der Waals surface area contributed by atoms with Gasteiger partial charge in [0.25, 0.3) is 11.8 Å². The van der Waals surface area contributed by atoms with Crippen LogP contribution < -0.4 is 11.1 Å². The number of pyridine rings is 1. The molecule has 0 saturated carbocycles. The number of halogens is 3. The maximum Gasteiger partial charge on any atom is 0.437 e. The largest absolute Gasteiger partial charge is 0.437 e. The second kappa shape index (κ2) is 9.44. The number of anilines is 1. The molecular formula is C26H24F3N5O2. The molecule has 186 valence electrons. The predicted molar refractivity (Wildman–Crippen MR) is 130 cm³/mol. The minimum atomic E-state index is -4.81. The van der Waals surface area contributed by atoms with E-state index < -0.39 is 29.4 Å². The normalized spacial score (nSPS) is 11.8. The molecule has 2 heterocycles. The molecule has 2 aromatic heterocycles. The van der Waals surface area contributed by atoms with Crippen LogP contribution in [-0.4, -0.2) is 26.6 Å². The summed E-state index contributed by atoms with van der Waals surface area (Å²) in [6.07, 6.45) is -4.81. The van der Waals surface area contributed by atoms with Crippen LogP contribution in [0.2, 0.25) is 0 Å². The number of nitrogens with zero attached hydrogens (tertiary/aromatic N) is 3. The predicted octanol–water partition coefficient (Wildman–Crippen LogP) is 5.28. The van der Waals surface area contributed by atoms with E-state index in [1.165, 1.54) is 17.7 Å². The van der Waals surface area contributed by atoms with Gasteiger partial charge in [0.15, 0.2) is 5.69 Å². The number of nitrogens with one attached hydrogen (secondary N) is 1. The third-order valence-corrected chi connectivity index (χ3v) is 5.91. The number of carbonyl (C=O) groups is 2. The molecule has 0 bridgehead atoms. The molecular weight excluding hydrogens is 471 g/mol. The van der Waals surface area contributed by atoms with Crippen molar-refractivity contribution in [2.75, 3.05) is 5.32 Å². The first kappa shape index (κ1) is 24.9. The molecule has 0 aliphatic carbocycles. The Morgan fingerprint density at radius 3 is 2.36 bits per heavy atom. The van der Waals surface area contributed by atoms with Crippen LogP contribution in [-0.2, 0) is 12.7 Å². The number of nitrogens with two attached hydrogens (primary N) is 1. The Labute approximate surface area is 205 Å². The van der Waals surface area contributed by atoms with Crippen molar-refractivity contribution in [3.8, 4) is 0 Å². The highest BCUT2D eigenvalue weighted by Gasteiger charge is 2.39. The number of benzene rings is 2. The van der Waals surface area contributed by atoms with Crippen LogP contribution in [0.1, 0.15) is 63.1 Å². The summed E-state index contributed by atoms with van der Waals surface area (Å²) in [4.78, 5) is 29.0. The third kappa shape index (κ3) is 4.93. The van der Waals surface area contributed by atoms with Gasteiger partial charge in [-0.15, -0.1) is 0 Å². The van der Waals surface area contributed by atoms with Crippen LogP contribution in [0, 0.1) is 6.92 Å². The van der Waals surface area contributed by atoms with Crippen LogP contribution in [0.25, 0.3) is 10.9 Å². The molecule has 7 nitrogen and oxygen atoms in total. The maximum absolute atomic E-state index is 13.9. The number of hydrogen-bond donors (Lipinski definition) is 2. The van der Waals surface area contributed by atoms with Crippen LogP contribution in [0.3, 0.4) is 0 Å². The Kier molecular flexibility index (Phi) is 6.53. The van der Waals surface area contributed by atoms with Gasteiger partial charge in [0.05, 0.1) is 29.0 Å². The van der Waals surface area contributed by atoms with Gasteiger partial charge in [-0.2, -0.15) is 18.3 Å². The zero-order valence-electron chi connectivity index (χ0n) is 19.8. The maximum atomic E-state index is 13.9. The number of primary amides is 1. The summed E-state index contributed by atoms with van der Waals surface area (Å²) >= 11 is 0. The molecule has 0 aliphatic heterocycles. The fourth-order valence-corrected chi connectivity index (χ4v) is 3.90. The highest BCUT2D eigenvalue weighted by atomic mass is 19.4. The number of alkyl halides is 3. The van der Waals surface area contributed by atoms with Crippen LogP contribution in [0.15, 0.2) is 54.6 Å². The first-order valence-corrected chi connectivity index (χ1v) is 11.2. The fourth-order valence-electron chi connectivity index (χ4n) is 3.90. The van der Waals surface area contributed by atoms with E-state index in [1.807, 2.05) is 24.3 Å². The molecule has 0 spiro atoms. The zero-order chi connectivity index (χ0) is 26.2. The van der Waals surface area contributed by atoms with E-state index in [2.05, 4.69) is 29.2 Å². The summed E-state index contributed by atoms with van der Waals surface area (Å²) in [5.41, 5.74) is 5.80. The molecule has 3 N–H and O–H groups in total. The van der Waals surface area contributed by atoms with Crippen molar-refractivity contribution in [3.63, 3.8) is 0 Å². The minimum Gasteiger partial charge on any atom is -0.364 e. The molecule has 2 amide bonds. The Balaban J connectivity index is 1.73. The molecule has 0 saturated heterocycles. The number of rotatable bonds is 6. The Morgan fingerprint density at radius 1 is 1.08 bits per heavy atom. The average Bonchev–Trinajstić information content (AvgIpc) is 3.13. The first-order valence-electron chi connectivity index (χ1n) is 11.2. The summed E-state index contributed by atoms with van der Waals surface area (Å²) in [5, 5.41) is 6.51. The van der Waals surface area contributed by atoms with Crippen molar-refractivity contribution in [3.05, 3.63) is 88.4 Å². The van der Waals surface area contributed by atoms with Crippen LogP contribution >= 0.6 is 0 Å². The monoisotopic (exact) mass is 495 g/mol. The third-order valence-electron chi connectivity index (χ3n) is 5.91. The van der Waals surface area contributed by atoms with Crippen LogP contribution in [0.5, 0.6) is 0 Å². The van der Waals surface area contributed by atoms with Crippen molar-refractivity contribution < 1.29 is 22.8 Å². The lowest BCUT2D eigenvalue weighted by molar-refractivity contribution is -0.140. The molecule has 0 atom stereocenters. The Morgan fingerprint density at radius 2 is 1.75 bits per heavy atom. The number of aromatic nitrogens is 3. The van der Waals surface area contributed by atoms with Gasteiger partial charge < -0.3 is 11.1 Å². The fraction of sp³-hybridized carbons (Fsp3) is 0.231. The molecule has 4 rings (SSSR count). The van der Waals surface area contributed by atoms with E-state index in [9.17, 15) is 22.8 Å². The van der Waals surface area contributed by atoms with Gasteiger partial charge in [0.2, 0.25) is 0 Å². The van der Waals surface area contributed by atoms with Crippen LogP contribution in [0.4, 0.5) is 18.9 Å². The lowest BCUT2D eigenvalue weighted by Crippen LogP contribution is -2.19. The molecule has 0 radical (unpaired) electrons. The topological polar surface area (TPSA) is 103 Å². The van der Waals surface area contributed by atoms with Crippen molar-refractivity contribution in [1.82, 2.24) is 14.8 Å². The van der Waals surface area contributed by atoms with Crippen molar-refractivity contribution >= 4 is 28.4 Å². The highest BCUT2D eigenvalue weighted by molar-refractivity contribution is 6.14. The quantitative estimate of drug-likeness (QED) is 0.380. The molecule has 0 aliphatic rings. The second-order valence-electron chi connectivity index (χ2n) is 8.75. The van der Waals surface area contributed by atoms with Crippen molar-refractivity contribution in [1.29, 1.82) is 0 Å². The Bertz CT molecular complexity index is 1460. The molecule has 4 aromatic rings. The molecule has 2 aromatic carbocycles. The average molecular weight is 496 g/mol. The lowest BCUT2D eigenvalue weighted by atomic mass is 10.0. The zero-order valence-corrected chi connectivity index (χ0v) is 19.8. The van der Waals surface area contributed by atoms with Gasteiger partial charge in [-0.3, -0.25) is 14.3 Å². The number of para-hydroxylation sites is 1. The molecule has 0 fully saturated rings. The van der Waals surface area contributed by atoms with E-state index >= 15 is 0 Å². The van der Waals surface area contributed by atoms with E-state index in [1.54, 1.807) is 24.3 Å².